The number of rotatable bonds is 11. The van der Waals surface area contributed by atoms with Gasteiger partial charge >= 0.3 is 5.97 Å². The first-order valence-electron chi connectivity index (χ1n) is 10.1. The number of esters is 1. The van der Waals surface area contributed by atoms with Crippen LogP contribution in [-0.4, -0.2) is 55.6 Å². The van der Waals surface area contributed by atoms with Crippen LogP contribution in [0.4, 0.5) is 5.69 Å². The number of nitrogens with zero attached hydrogens (tertiary/aromatic N) is 3. The summed E-state index contributed by atoms with van der Waals surface area (Å²) in [7, 11) is 1.33. The quantitative estimate of drug-likeness (QED) is 0.331. The SMILES string of the molecule is CCCCOC(OCCCC)C1CCN(c2cnc(C(=O)OC)nc2)CC1. The molecule has 0 unspecified atom stereocenters. The zero-order valence-electron chi connectivity index (χ0n) is 16.9. The van der Waals surface area contributed by atoms with Crippen LogP contribution in [0, 0.1) is 5.92 Å². The maximum Gasteiger partial charge on any atom is 0.376 e. The molecule has 0 N–H and O–H groups in total. The highest BCUT2D eigenvalue weighted by molar-refractivity contribution is 5.85. The minimum absolute atomic E-state index is 0.0878. The number of piperidine rings is 1. The summed E-state index contributed by atoms with van der Waals surface area (Å²) in [5.74, 6) is -0.0216. The smallest absolute Gasteiger partial charge is 0.376 e. The van der Waals surface area contributed by atoms with E-state index < -0.39 is 5.97 Å². The minimum atomic E-state index is -0.517. The van der Waals surface area contributed by atoms with Crippen molar-refractivity contribution in [2.75, 3.05) is 38.3 Å². The molecule has 1 aromatic heterocycles. The van der Waals surface area contributed by atoms with Crippen molar-refractivity contribution in [2.45, 2.75) is 58.7 Å². The Labute approximate surface area is 162 Å². The van der Waals surface area contributed by atoms with Gasteiger partial charge in [0.15, 0.2) is 6.29 Å². The molecule has 0 aliphatic carbocycles. The van der Waals surface area contributed by atoms with Crippen LogP contribution in [0.1, 0.15) is 63.0 Å². The molecule has 1 saturated heterocycles. The van der Waals surface area contributed by atoms with E-state index in [1.165, 1.54) is 7.11 Å². The van der Waals surface area contributed by atoms with Gasteiger partial charge in [-0.2, -0.15) is 0 Å². The van der Waals surface area contributed by atoms with Gasteiger partial charge in [0.05, 0.1) is 25.2 Å². The normalized spacial score (nSPS) is 15.3. The maximum atomic E-state index is 11.4. The van der Waals surface area contributed by atoms with Crippen molar-refractivity contribution in [1.29, 1.82) is 0 Å². The molecule has 152 valence electrons. The van der Waals surface area contributed by atoms with E-state index in [9.17, 15) is 4.79 Å². The molecule has 0 saturated carbocycles. The predicted molar refractivity (Wildman–Crippen MR) is 104 cm³/mol. The summed E-state index contributed by atoms with van der Waals surface area (Å²) >= 11 is 0. The molecule has 0 bridgehead atoms. The Morgan fingerprint density at radius 1 is 1.11 bits per heavy atom. The Morgan fingerprint density at radius 3 is 2.15 bits per heavy atom. The number of carbonyl (C=O) groups is 1. The van der Waals surface area contributed by atoms with Gasteiger partial charge in [0.25, 0.3) is 0 Å². The average Bonchev–Trinajstić information content (AvgIpc) is 2.72. The maximum absolute atomic E-state index is 11.4. The van der Waals surface area contributed by atoms with Crippen LogP contribution >= 0.6 is 0 Å². The number of methoxy groups -OCH3 is 1. The first kappa shape index (κ1) is 21.6. The van der Waals surface area contributed by atoms with Crippen molar-refractivity contribution in [3.05, 3.63) is 18.2 Å². The van der Waals surface area contributed by atoms with Gasteiger partial charge in [0, 0.05) is 32.2 Å². The molecule has 0 amide bonds. The fraction of sp³-hybridized carbons (Fsp3) is 0.750. The van der Waals surface area contributed by atoms with Gasteiger partial charge in [-0.3, -0.25) is 0 Å². The van der Waals surface area contributed by atoms with Gasteiger partial charge in [0.2, 0.25) is 5.82 Å². The lowest BCUT2D eigenvalue weighted by Gasteiger charge is -2.36. The number of hydrogen-bond acceptors (Lipinski definition) is 7. The molecule has 2 rings (SSSR count). The monoisotopic (exact) mass is 379 g/mol. The average molecular weight is 380 g/mol. The first-order chi connectivity index (χ1) is 13.2. The van der Waals surface area contributed by atoms with E-state index in [4.69, 9.17) is 9.47 Å². The van der Waals surface area contributed by atoms with Crippen LogP contribution in [0.2, 0.25) is 0 Å². The van der Waals surface area contributed by atoms with Crippen LogP contribution < -0.4 is 4.90 Å². The molecule has 1 aliphatic heterocycles. The fourth-order valence-corrected chi connectivity index (χ4v) is 3.12. The molecule has 0 spiro atoms. The van der Waals surface area contributed by atoms with Gasteiger partial charge < -0.3 is 19.1 Å². The number of carbonyl (C=O) groups excluding carboxylic acids is 1. The molecule has 7 nitrogen and oxygen atoms in total. The standard InChI is InChI=1S/C20H33N3O4/c1-4-6-12-26-20(27-13-7-5-2)16-8-10-23(11-9-16)17-14-21-18(22-15-17)19(24)25-3/h14-16,20H,4-13H2,1-3H3. The summed E-state index contributed by atoms with van der Waals surface area (Å²) in [5.41, 5.74) is 0.927. The second-order valence-electron chi connectivity index (χ2n) is 6.90. The lowest BCUT2D eigenvalue weighted by atomic mass is 9.96. The second kappa shape index (κ2) is 11.9. The lowest BCUT2D eigenvalue weighted by Crippen LogP contribution is -2.40. The number of hydrogen-bond donors (Lipinski definition) is 0. The van der Waals surface area contributed by atoms with E-state index in [1.54, 1.807) is 12.4 Å². The van der Waals surface area contributed by atoms with Crippen LogP contribution in [0.3, 0.4) is 0 Å². The van der Waals surface area contributed by atoms with Crippen molar-refractivity contribution in [1.82, 2.24) is 9.97 Å². The van der Waals surface area contributed by atoms with Crippen molar-refractivity contribution in [3.8, 4) is 0 Å². The van der Waals surface area contributed by atoms with E-state index in [-0.39, 0.29) is 12.1 Å². The molecule has 1 fully saturated rings. The van der Waals surface area contributed by atoms with Gasteiger partial charge in [-0.05, 0) is 25.7 Å². The van der Waals surface area contributed by atoms with Crippen molar-refractivity contribution in [3.63, 3.8) is 0 Å². The van der Waals surface area contributed by atoms with Gasteiger partial charge in [-0.15, -0.1) is 0 Å². The first-order valence-corrected chi connectivity index (χ1v) is 10.1. The molecule has 1 aromatic rings. The number of anilines is 1. The van der Waals surface area contributed by atoms with Crippen molar-refractivity contribution < 1.29 is 19.0 Å². The summed E-state index contributed by atoms with van der Waals surface area (Å²) < 4.78 is 16.7. The van der Waals surface area contributed by atoms with Crippen LogP contribution in [-0.2, 0) is 14.2 Å². The van der Waals surface area contributed by atoms with Crippen LogP contribution in [0.15, 0.2) is 12.4 Å². The van der Waals surface area contributed by atoms with E-state index in [0.29, 0.717) is 5.92 Å². The van der Waals surface area contributed by atoms with Gasteiger partial charge in [-0.1, -0.05) is 26.7 Å². The molecule has 7 heteroatoms. The predicted octanol–water partition coefficient (Wildman–Crippen LogP) is 3.44. The Hall–Kier alpha value is -1.73. The Kier molecular flexibility index (Phi) is 9.48. The van der Waals surface area contributed by atoms with Gasteiger partial charge in [-0.25, -0.2) is 14.8 Å². The molecular weight excluding hydrogens is 346 g/mol. The zero-order chi connectivity index (χ0) is 19.5. The third kappa shape index (κ3) is 6.74. The number of ether oxygens (including phenoxy) is 3. The lowest BCUT2D eigenvalue weighted by molar-refractivity contribution is -0.177. The molecule has 0 radical (unpaired) electrons. The topological polar surface area (TPSA) is 73.8 Å². The fourth-order valence-electron chi connectivity index (χ4n) is 3.12. The highest BCUT2D eigenvalue weighted by Crippen LogP contribution is 2.27. The summed E-state index contributed by atoms with van der Waals surface area (Å²) in [6, 6.07) is 0. The largest absolute Gasteiger partial charge is 0.463 e. The van der Waals surface area contributed by atoms with E-state index in [1.807, 2.05) is 0 Å². The highest BCUT2D eigenvalue weighted by atomic mass is 16.7. The van der Waals surface area contributed by atoms with Crippen LogP contribution in [0.25, 0.3) is 0 Å². The van der Waals surface area contributed by atoms with Crippen molar-refractivity contribution >= 4 is 11.7 Å². The molecule has 2 heterocycles. The summed E-state index contributed by atoms with van der Waals surface area (Å²) in [4.78, 5) is 21.9. The Morgan fingerprint density at radius 2 is 1.67 bits per heavy atom. The highest BCUT2D eigenvalue weighted by Gasteiger charge is 2.28. The third-order valence-electron chi connectivity index (χ3n) is 4.86. The van der Waals surface area contributed by atoms with E-state index in [2.05, 4.69) is 33.5 Å². The summed E-state index contributed by atoms with van der Waals surface area (Å²) in [6.07, 6.45) is 9.65. The zero-order valence-corrected chi connectivity index (χ0v) is 16.9. The van der Waals surface area contributed by atoms with E-state index in [0.717, 1.165) is 70.5 Å². The second-order valence-corrected chi connectivity index (χ2v) is 6.90. The molecule has 1 aliphatic rings. The summed E-state index contributed by atoms with van der Waals surface area (Å²) in [5, 5.41) is 0. The van der Waals surface area contributed by atoms with Crippen LogP contribution in [0.5, 0.6) is 0 Å². The van der Waals surface area contributed by atoms with Gasteiger partial charge in [0.1, 0.15) is 0 Å². The van der Waals surface area contributed by atoms with E-state index >= 15 is 0 Å². The van der Waals surface area contributed by atoms with Crippen molar-refractivity contribution in [2.24, 2.45) is 5.92 Å². The molecule has 0 atom stereocenters. The third-order valence-corrected chi connectivity index (χ3v) is 4.86. The number of aromatic nitrogens is 2. The molecule has 0 aromatic carbocycles. The summed E-state index contributed by atoms with van der Waals surface area (Å²) in [6.45, 7) is 7.66. The molecular formula is C20H33N3O4. The minimum Gasteiger partial charge on any atom is -0.463 e. The Bertz CT molecular complexity index is 535. The number of unbranched alkanes of at least 4 members (excludes halogenated alkanes) is 2. The Balaban J connectivity index is 1.87. The molecule has 27 heavy (non-hydrogen) atoms.